The number of piperidine rings is 1. The van der Waals surface area contributed by atoms with Crippen LogP contribution in [0.1, 0.15) is 26.2 Å². The van der Waals surface area contributed by atoms with E-state index in [1.807, 2.05) is 23.1 Å². The highest BCUT2D eigenvalue weighted by atomic mass is 16.5. The Kier molecular flexibility index (Phi) is 5.92. The van der Waals surface area contributed by atoms with Crippen LogP contribution in [0.25, 0.3) is 0 Å². The predicted octanol–water partition coefficient (Wildman–Crippen LogP) is 2.76. The number of nitrogens with one attached hydrogen (secondary N) is 1. The molecule has 1 heterocycles. The fraction of sp³-hybridized carbons (Fsp3) is 0.588. The number of methoxy groups -OCH3 is 2. The SMILES string of the molecule is COc1ccc(OC)c(NCCC(=O)N2CCCC(C)C2)c1. The molecule has 2 rings (SSSR count). The molecule has 0 aromatic heterocycles. The van der Waals surface area contributed by atoms with Gasteiger partial charge >= 0.3 is 0 Å². The molecule has 1 aromatic carbocycles. The number of hydrogen-bond donors (Lipinski definition) is 1. The summed E-state index contributed by atoms with van der Waals surface area (Å²) in [7, 11) is 3.26. The van der Waals surface area contributed by atoms with Crippen LogP contribution in [-0.2, 0) is 4.79 Å². The van der Waals surface area contributed by atoms with Crippen molar-refractivity contribution in [3.05, 3.63) is 18.2 Å². The largest absolute Gasteiger partial charge is 0.497 e. The first-order chi connectivity index (χ1) is 10.6. The first-order valence-corrected chi connectivity index (χ1v) is 7.87. The Morgan fingerprint density at radius 3 is 2.86 bits per heavy atom. The molecule has 1 amide bonds. The molecule has 5 heteroatoms. The number of benzene rings is 1. The van der Waals surface area contributed by atoms with E-state index >= 15 is 0 Å². The number of anilines is 1. The fourth-order valence-corrected chi connectivity index (χ4v) is 2.83. The molecule has 1 unspecified atom stereocenters. The van der Waals surface area contributed by atoms with E-state index in [-0.39, 0.29) is 5.91 Å². The van der Waals surface area contributed by atoms with Crippen molar-refractivity contribution in [3.63, 3.8) is 0 Å². The number of carbonyl (C=O) groups is 1. The van der Waals surface area contributed by atoms with Gasteiger partial charge in [-0.3, -0.25) is 4.79 Å². The molecule has 1 fully saturated rings. The second-order valence-corrected chi connectivity index (χ2v) is 5.83. The Bertz CT molecular complexity index is 505. The molecule has 1 N–H and O–H groups in total. The highest BCUT2D eigenvalue weighted by molar-refractivity contribution is 5.77. The molecular formula is C17H26N2O3. The molecule has 5 nitrogen and oxygen atoms in total. The summed E-state index contributed by atoms with van der Waals surface area (Å²) in [4.78, 5) is 14.2. The maximum Gasteiger partial charge on any atom is 0.224 e. The van der Waals surface area contributed by atoms with E-state index in [1.54, 1.807) is 14.2 Å². The minimum Gasteiger partial charge on any atom is -0.497 e. The number of likely N-dealkylation sites (tertiary alicyclic amines) is 1. The van der Waals surface area contributed by atoms with Crippen LogP contribution in [0.5, 0.6) is 11.5 Å². The third-order valence-corrected chi connectivity index (χ3v) is 4.07. The maximum atomic E-state index is 12.2. The van der Waals surface area contributed by atoms with E-state index in [9.17, 15) is 4.79 Å². The van der Waals surface area contributed by atoms with Gasteiger partial charge in [0.1, 0.15) is 11.5 Å². The van der Waals surface area contributed by atoms with Gasteiger partial charge < -0.3 is 19.7 Å². The van der Waals surface area contributed by atoms with Gasteiger partial charge in [-0.2, -0.15) is 0 Å². The lowest BCUT2D eigenvalue weighted by molar-refractivity contribution is -0.132. The number of amides is 1. The molecular weight excluding hydrogens is 280 g/mol. The molecule has 122 valence electrons. The Hall–Kier alpha value is -1.91. The molecule has 0 radical (unpaired) electrons. The van der Waals surface area contributed by atoms with Crippen molar-refractivity contribution in [1.82, 2.24) is 4.90 Å². The topological polar surface area (TPSA) is 50.8 Å². The van der Waals surface area contributed by atoms with Crippen molar-refractivity contribution in [2.75, 3.05) is 39.2 Å². The van der Waals surface area contributed by atoms with Crippen LogP contribution >= 0.6 is 0 Å². The summed E-state index contributed by atoms with van der Waals surface area (Å²) >= 11 is 0. The van der Waals surface area contributed by atoms with Gasteiger partial charge in [0.15, 0.2) is 0 Å². The van der Waals surface area contributed by atoms with Crippen LogP contribution in [0.3, 0.4) is 0 Å². The Morgan fingerprint density at radius 1 is 1.36 bits per heavy atom. The first-order valence-electron chi connectivity index (χ1n) is 7.87. The lowest BCUT2D eigenvalue weighted by atomic mass is 10.00. The lowest BCUT2D eigenvalue weighted by Gasteiger charge is -2.31. The minimum atomic E-state index is 0.223. The fourth-order valence-electron chi connectivity index (χ4n) is 2.83. The van der Waals surface area contributed by atoms with Crippen LogP contribution in [0.4, 0.5) is 5.69 Å². The Morgan fingerprint density at radius 2 is 2.18 bits per heavy atom. The summed E-state index contributed by atoms with van der Waals surface area (Å²) in [5.74, 6) is 2.35. The van der Waals surface area contributed by atoms with Gasteiger partial charge in [0.25, 0.3) is 0 Å². The van der Waals surface area contributed by atoms with Crippen molar-refractivity contribution in [2.24, 2.45) is 5.92 Å². The molecule has 22 heavy (non-hydrogen) atoms. The quantitative estimate of drug-likeness (QED) is 0.878. The third kappa shape index (κ3) is 4.29. The van der Waals surface area contributed by atoms with Gasteiger partial charge in [0.05, 0.1) is 19.9 Å². The van der Waals surface area contributed by atoms with Crippen molar-refractivity contribution in [1.29, 1.82) is 0 Å². The van der Waals surface area contributed by atoms with Crippen molar-refractivity contribution in [3.8, 4) is 11.5 Å². The molecule has 0 spiro atoms. The summed E-state index contributed by atoms with van der Waals surface area (Å²) in [5, 5.41) is 3.27. The number of ether oxygens (including phenoxy) is 2. The van der Waals surface area contributed by atoms with Gasteiger partial charge in [0.2, 0.25) is 5.91 Å². The van der Waals surface area contributed by atoms with Crippen molar-refractivity contribution >= 4 is 11.6 Å². The van der Waals surface area contributed by atoms with Crippen LogP contribution in [0.15, 0.2) is 18.2 Å². The molecule has 1 aliphatic rings. The summed E-state index contributed by atoms with van der Waals surface area (Å²) in [6.07, 6.45) is 2.83. The molecule has 0 bridgehead atoms. The second kappa shape index (κ2) is 7.92. The van der Waals surface area contributed by atoms with Crippen LogP contribution < -0.4 is 14.8 Å². The minimum absolute atomic E-state index is 0.223. The van der Waals surface area contributed by atoms with E-state index in [0.717, 1.165) is 36.7 Å². The average molecular weight is 306 g/mol. The van der Waals surface area contributed by atoms with Crippen LogP contribution in [-0.4, -0.2) is 44.7 Å². The molecule has 1 aromatic rings. The van der Waals surface area contributed by atoms with Gasteiger partial charge in [-0.15, -0.1) is 0 Å². The van der Waals surface area contributed by atoms with E-state index in [0.29, 0.717) is 18.9 Å². The predicted molar refractivity (Wildman–Crippen MR) is 87.6 cm³/mol. The highest BCUT2D eigenvalue weighted by Gasteiger charge is 2.20. The molecule has 0 saturated carbocycles. The van der Waals surface area contributed by atoms with Crippen molar-refractivity contribution in [2.45, 2.75) is 26.2 Å². The van der Waals surface area contributed by atoms with Gasteiger partial charge in [-0.25, -0.2) is 0 Å². The lowest BCUT2D eigenvalue weighted by Crippen LogP contribution is -2.39. The number of nitrogens with zero attached hydrogens (tertiary/aromatic N) is 1. The van der Waals surface area contributed by atoms with E-state index in [4.69, 9.17) is 9.47 Å². The van der Waals surface area contributed by atoms with E-state index in [1.165, 1.54) is 6.42 Å². The average Bonchev–Trinajstić information content (AvgIpc) is 2.54. The van der Waals surface area contributed by atoms with Gasteiger partial charge in [-0.05, 0) is 30.9 Å². The molecule has 1 aliphatic heterocycles. The van der Waals surface area contributed by atoms with Gasteiger partial charge in [-0.1, -0.05) is 6.92 Å². The van der Waals surface area contributed by atoms with E-state index in [2.05, 4.69) is 12.2 Å². The molecule has 1 atom stereocenters. The van der Waals surface area contributed by atoms with Crippen LogP contribution in [0, 0.1) is 5.92 Å². The third-order valence-electron chi connectivity index (χ3n) is 4.07. The normalized spacial score (nSPS) is 18.0. The van der Waals surface area contributed by atoms with Crippen LogP contribution in [0.2, 0.25) is 0 Å². The smallest absolute Gasteiger partial charge is 0.224 e. The number of rotatable bonds is 6. The summed E-state index contributed by atoms with van der Waals surface area (Å²) in [6.45, 7) is 4.58. The summed E-state index contributed by atoms with van der Waals surface area (Å²) < 4.78 is 10.5. The second-order valence-electron chi connectivity index (χ2n) is 5.83. The first kappa shape index (κ1) is 16.5. The zero-order valence-corrected chi connectivity index (χ0v) is 13.7. The number of hydrogen-bond acceptors (Lipinski definition) is 4. The highest BCUT2D eigenvalue weighted by Crippen LogP contribution is 2.28. The standard InChI is InChI=1S/C17H26N2O3/c1-13-5-4-10-19(12-13)17(20)8-9-18-15-11-14(21-2)6-7-16(15)22-3/h6-7,11,13,18H,4-5,8-10,12H2,1-3H3. The van der Waals surface area contributed by atoms with Crippen molar-refractivity contribution < 1.29 is 14.3 Å². The maximum absolute atomic E-state index is 12.2. The molecule has 0 aliphatic carbocycles. The van der Waals surface area contributed by atoms with E-state index < -0.39 is 0 Å². The Balaban J connectivity index is 1.86. The Labute approximate surface area is 132 Å². The number of carbonyl (C=O) groups excluding carboxylic acids is 1. The summed E-state index contributed by atoms with van der Waals surface area (Å²) in [6, 6.07) is 5.59. The monoisotopic (exact) mass is 306 g/mol. The zero-order valence-electron chi connectivity index (χ0n) is 13.7. The van der Waals surface area contributed by atoms with Gasteiger partial charge in [0, 0.05) is 32.1 Å². The summed E-state index contributed by atoms with van der Waals surface area (Å²) in [5.41, 5.74) is 0.849. The zero-order chi connectivity index (χ0) is 15.9. The molecule has 1 saturated heterocycles.